The number of hydrogen-bond donors (Lipinski definition) is 0. The van der Waals surface area contributed by atoms with Crippen molar-refractivity contribution in [1.29, 1.82) is 0 Å². The minimum atomic E-state index is -0.273. The summed E-state index contributed by atoms with van der Waals surface area (Å²) >= 11 is 0. The van der Waals surface area contributed by atoms with Gasteiger partial charge in [-0.1, -0.05) is 0 Å². The van der Waals surface area contributed by atoms with Crippen molar-refractivity contribution in [2.24, 2.45) is 7.05 Å². The summed E-state index contributed by atoms with van der Waals surface area (Å²) in [7, 11) is 1.76. The quantitative estimate of drug-likeness (QED) is 0.572. The molecule has 10 heavy (non-hydrogen) atoms. The Labute approximate surface area is 58.7 Å². The molecule has 0 atom stereocenters. The molecule has 0 N–H and O–H groups in total. The van der Waals surface area contributed by atoms with Crippen molar-refractivity contribution in [3.63, 3.8) is 0 Å². The summed E-state index contributed by atoms with van der Waals surface area (Å²) in [6, 6.07) is 0. The SMILES string of the molecule is Cn1n[c]c(F)c1C1CC1. The molecule has 53 valence electrons. The van der Waals surface area contributed by atoms with E-state index in [4.69, 9.17) is 0 Å². The van der Waals surface area contributed by atoms with Gasteiger partial charge in [-0.25, -0.2) is 4.39 Å². The number of aromatic nitrogens is 2. The summed E-state index contributed by atoms with van der Waals surface area (Å²) in [4.78, 5) is 0. The van der Waals surface area contributed by atoms with E-state index >= 15 is 0 Å². The highest BCUT2D eigenvalue weighted by atomic mass is 19.1. The van der Waals surface area contributed by atoms with Gasteiger partial charge in [-0.15, -0.1) is 0 Å². The fourth-order valence-electron chi connectivity index (χ4n) is 1.17. The molecule has 0 aliphatic heterocycles. The predicted octanol–water partition coefficient (Wildman–Crippen LogP) is 1.24. The van der Waals surface area contributed by atoms with E-state index in [0.717, 1.165) is 18.5 Å². The molecule has 0 unspecified atom stereocenters. The number of aryl methyl sites for hydroxylation is 1. The Morgan fingerprint density at radius 1 is 1.70 bits per heavy atom. The molecule has 0 bridgehead atoms. The molecule has 0 aromatic carbocycles. The molecule has 1 saturated carbocycles. The van der Waals surface area contributed by atoms with Gasteiger partial charge in [0.1, 0.15) is 0 Å². The molecule has 2 rings (SSSR count). The topological polar surface area (TPSA) is 17.8 Å². The highest BCUT2D eigenvalue weighted by Crippen LogP contribution is 2.40. The zero-order chi connectivity index (χ0) is 7.14. The Morgan fingerprint density at radius 3 is 2.80 bits per heavy atom. The van der Waals surface area contributed by atoms with E-state index in [-0.39, 0.29) is 5.82 Å². The predicted molar refractivity (Wildman–Crippen MR) is 34.0 cm³/mol. The second kappa shape index (κ2) is 1.81. The Kier molecular flexibility index (Phi) is 1.07. The summed E-state index contributed by atoms with van der Waals surface area (Å²) in [5.41, 5.74) is 0.722. The lowest BCUT2D eigenvalue weighted by Crippen LogP contribution is -1.96. The number of halogens is 1. The molecule has 1 heterocycles. The molecule has 1 fully saturated rings. The summed E-state index contributed by atoms with van der Waals surface area (Å²) in [6.45, 7) is 0. The molecular formula is C7H8FN2. The van der Waals surface area contributed by atoms with Crippen LogP contribution in [0.3, 0.4) is 0 Å². The maximum Gasteiger partial charge on any atom is 0.174 e. The van der Waals surface area contributed by atoms with Crippen molar-refractivity contribution in [1.82, 2.24) is 9.78 Å². The van der Waals surface area contributed by atoms with E-state index in [1.807, 2.05) is 0 Å². The van der Waals surface area contributed by atoms with E-state index in [0.29, 0.717) is 5.92 Å². The van der Waals surface area contributed by atoms with E-state index in [1.54, 1.807) is 11.7 Å². The van der Waals surface area contributed by atoms with Gasteiger partial charge in [-0.2, -0.15) is 5.10 Å². The second-order valence-corrected chi connectivity index (χ2v) is 2.71. The van der Waals surface area contributed by atoms with Gasteiger partial charge in [-0.3, -0.25) is 4.68 Å². The maximum atomic E-state index is 12.8. The van der Waals surface area contributed by atoms with E-state index in [2.05, 4.69) is 11.3 Å². The fraction of sp³-hybridized carbons (Fsp3) is 0.571. The smallest absolute Gasteiger partial charge is 0.174 e. The number of hydrogen-bond acceptors (Lipinski definition) is 1. The summed E-state index contributed by atoms with van der Waals surface area (Å²) in [6.07, 6.45) is 4.51. The third kappa shape index (κ3) is 0.735. The van der Waals surface area contributed by atoms with Crippen molar-refractivity contribution in [3.8, 4) is 0 Å². The lowest BCUT2D eigenvalue weighted by molar-refractivity contribution is 0.596. The zero-order valence-corrected chi connectivity index (χ0v) is 5.76. The molecule has 1 radical (unpaired) electrons. The molecular weight excluding hydrogens is 131 g/mol. The van der Waals surface area contributed by atoms with Gasteiger partial charge >= 0.3 is 0 Å². The molecule has 0 amide bonds. The minimum Gasteiger partial charge on any atom is -0.269 e. The van der Waals surface area contributed by atoms with Crippen molar-refractivity contribution >= 4 is 0 Å². The van der Waals surface area contributed by atoms with Gasteiger partial charge in [0.25, 0.3) is 0 Å². The van der Waals surface area contributed by atoms with Crippen LogP contribution in [0.1, 0.15) is 24.5 Å². The van der Waals surface area contributed by atoms with Crippen LogP contribution in [-0.2, 0) is 7.05 Å². The van der Waals surface area contributed by atoms with E-state index in [9.17, 15) is 4.39 Å². The van der Waals surface area contributed by atoms with Gasteiger partial charge in [-0.05, 0) is 12.8 Å². The first kappa shape index (κ1) is 5.89. The third-order valence-corrected chi connectivity index (χ3v) is 1.84. The molecule has 0 saturated heterocycles. The molecule has 1 aliphatic rings. The summed E-state index contributed by atoms with van der Waals surface area (Å²) < 4.78 is 14.3. The fourth-order valence-corrected chi connectivity index (χ4v) is 1.17. The first-order chi connectivity index (χ1) is 4.79. The van der Waals surface area contributed by atoms with Crippen LogP contribution in [0.5, 0.6) is 0 Å². The third-order valence-electron chi connectivity index (χ3n) is 1.84. The van der Waals surface area contributed by atoms with Crippen molar-refractivity contribution < 1.29 is 4.39 Å². The van der Waals surface area contributed by atoms with Crippen molar-refractivity contribution in [2.75, 3.05) is 0 Å². The highest BCUT2D eigenvalue weighted by Gasteiger charge is 2.29. The Bertz CT molecular complexity index is 231. The maximum absolute atomic E-state index is 12.8. The van der Waals surface area contributed by atoms with Crippen molar-refractivity contribution in [2.45, 2.75) is 18.8 Å². The van der Waals surface area contributed by atoms with Crippen LogP contribution in [0.2, 0.25) is 0 Å². The van der Waals surface area contributed by atoms with Gasteiger partial charge in [0, 0.05) is 13.0 Å². The van der Waals surface area contributed by atoms with E-state index < -0.39 is 0 Å². The first-order valence-corrected chi connectivity index (χ1v) is 3.39. The average molecular weight is 139 g/mol. The van der Waals surface area contributed by atoms with Gasteiger partial charge in [0.15, 0.2) is 12.0 Å². The molecule has 3 heteroatoms. The Balaban J connectivity index is 2.44. The first-order valence-electron chi connectivity index (χ1n) is 3.39. The Morgan fingerprint density at radius 2 is 2.40 bits per heavy atom. The molecule has 0 spiro atoms. The molecule has 2 nitrogen and oxygen atoms in total. The zero-order valence-electron chi connectivity index (χ0n) is 5.76. The summed E-state index contributed by atoms with van der Waals surface area (Å²) in [5.74, 6) is 0.147. The van der Waals surface area contributed by atoms with Gasteiger partial charge in [0.05, 0.1) is 5.69 Å². The monoisotopic (exact) mass is 139 g/mol. The summed E-state index contributed by atoms with van der Waals surface area (Å²) in [5, 5.41) is 3.69. The lowest BCUT2D eigenvalue weighted by Gasteiger charge is -1.96. The van der Waals surface area contributed by atoms with Crippen LogP contribution >= 0.6 is 0 Å². The van der Waals surface area contributed by atoms with Crippen LogP contribution in [0.4, 0.5) is 4.39 Å². The van der Waals surface area contributed by atoms with Crippen molar-refractivity contribution in [3.05, 3.63) is 17.7 Å². The second-order valence-electron chi connectivity index (χ2n) is 2.71. The minimum absolute atomic E-state index is 0.273. The molecule has 1 aliphatic carbocycles. The van der Waals surface area contributed by atoms with Crippen LogP contribution < -0.4 is 0 Å². The average Bonchev–Trinajstić information content (AvgIpc) is 2.64. The van der Waals surface area contributed by atoms with E-state index in [1.165, 1.54) is 0 Å². The van der Waals surface area contributed by atoms with Crippen LogP contribution in [-0.4, -0.2) is 9.78 Å². The molecule has 1 aromatic heterocycles. The lowest BCUT2D eigenvalue weighted by atomic mass is 10.3. The normalized spacial score (nSPS) is 17.8. The molecule has 1 aromatic rings. The Hall–Kier alpha value is -0.860. The van der Waals surface area contributed by atoms with Crippen LogP contribution in [0, 0.1) is 12.0 Å². The van der Waals surface area contributed by atoms with Gasteiger partial charge < -0.3 is 0 Å². The number of nitrogens with zero attached hydrogens (tertiary/aromatic N) is 2. The largest absolute Gasteiger partial charge is 0.269 e. The van der Waals surface area contributed by atoms with Gasteiger partial charge in [0.2, 0.25) is 0 Å². The van der Waals surface area contributed by atoms with Crippen LogP contribution in [0.25, 0.3) is 0 Å². The highest BCUT2D eigenvalue weighted by molar-refractivity contribution is 5.14. The number of rotatable bonds is 1. The van der Waals surface area contributed by atoms with Crippen LogP contribution in [0.15, 0.2) is 0 Å². The standard InChI is InChI=1S/C7H8FN2/c1-10-7(5-2-3-5)6(8)4-9-10/h5H,2-3H2,1H3.